The number of carbonyl (C=O) groups excluding carboxylic acids is 2. The van der Waals surface area contributed by atoms with Crippen molar-refractivity contribution in [3.63, 3.8) is 0 Å². The molecule has 0 bridgehead atoms. The van der Waals surface area contributed by atoms with Gasteiger partial charge in [-0.3, -0.25) is 4.79 Å². The van der Waals surface area contributed by atoms with E-state index in [1.54, 1.807) is 37.3 Å². The molecule has 0 spiro atoms. The predicted octanol–water partition coefficient (Wildman–Crippen LogP) is 3.93. The minimum absolute atomic E-state index is 0.0650. The number of aryl methyl sites for hydroxylation is 1. The lowest BCUT2D eigenvalue weighted by molar-refractivity contribution is -0.131. The Morgan fingerprint density at radius 2 is 1.62 bits per heavy atom. The lowest BCUT2D eigenvalue weighted by Crippen LogP contribution is -2.05. The van der Waals surface area contributed by atoms with Crippen LogP contribution in [0.5, 0.6) is 5.75 Å². The summed E-state index contributed by atoms with van der Waals surface area (Å²) in [5.74, 6) is 0.369. The highest BCUT2D eigenvalue weighted by molar-refractivity contribution is 5.90. The van der Waals surface area contributed by atoms with Crippen molar-refractivity contribution >= 4 is 11.9 Å². The maximum absolute atomic E-state index is 12.1. The van der Waals surface area contributed by atoms with E-state index < -0.39 is 5.97 Å². The standard InChI is InChI=1S/C20H17NO5/c1-13-11-18(21-26-13)12-24-20(23)17-5-3-15(4-6-17)16-7-9-19(10-8-16)25-14(2)22/h3-11H,12H2,1-2H3. The first-order chi connectivity index (χ1) is 12.5. The maximum Gasteiger partial charge on any atom is 0.338 e. The Labute approximate surface area is 150 Å². The van der Waals surface area contributed by atoms with Crippen LogP contribution < -0.4 is 4.74 Å². The molecule has 0 unspecified atom stereocenters. The molecule has 0 aliphatic carbocycles. The van der Waals surface area contributed by atoms with Crippen molar-refractivity contribution in [2.45, 2.75) is 20.5 Å². The van der Waals surface area contributed by atoms with E-state index >= 15 is 0 Å². The fourth-order valence-corrected chi connectivity index (χ4v) is 2.39. The highest BCUT2D eigenvalue weighted by Gasteiger charge is 2.10. The molecule has 1 heterocycles. The molecule has 6 nitrogen and oxygen atoms in total. The van der Waals surface area contributed by atoms with Crippen LogP contribution in [0, 0.1) is 6.92 Å². The minimum Gasteiger partial charge on any atom is -0.455 e. The first-order valence-electron chi connectivity index (χ1n) is 7.99. The van der Waals surface area contributed by atoms with Crippen LogP contribution in [0.3, 0.4) is 0 Å². The zero-order chi connectivity index (χ0) is 18.5. The van der Waals surface area contributed by atoms with Gasteiger partial charge in [0, 0.05) is 13.0 Å². The van der Waals surface area contributed by atoms with Crippen molar-refractivity contribution in [3.05, 3.63) is 71.6 Å². The number of ether oxygens (including phenoxy) is 2. The third-order valence-electron chi connectivity index (χ3n) is 3.60. The Balaban J connectivity index is 1.63. The number of nitrogens with zero attached hydrogens (tertiary/aromatic N) is 1. The molecule has 0 N–H and O–H groups in total. The predicted molar refractivity (Wildman–Crippen MR) is 93.5 cm³/mol. The van der Waals surface area contributed by atoms with Crippen molar-refractivity contribution in [2.75, 3.05) is 0 Å². The van der Waals surface area contributed by atoms with Crippen molar-refractivity contribution in [3.8, 4) is 16.9 Å². The molecule has 0 saturated carbocycles. The molecule has 0 amide bonds. The summed E-state index contributed by atoms with van der Waals surface area (Å²) in [6, 6.07) is 15.9. The van der Waals surface area contributed by atoms with Gasteiger partial charge in [0.05, 0.1) is 5.56 Å². The Hall–Kier alpha value is -3.41. The summed E-state index contributed by atoms with van der Waals surface area (Å²) in [5, 5.41) is 3.78. The SMILES string of the molecule is CC(=O)Oc1ccc(-c2ccc(C(=O)OCc3cc(C)on3)cc2)cc1. The molecule has 3 rings (SSSR count). The van der Waals surface area contributed by atoms with Gasteiger partial charge in [0.15, 0.2) is 0 Å². The van der Waals surface area contributed by atoms with Crippen LogP contribution in [0.15, 0.2) is 59.1 Å². The molecule has 2 aromatic carbocycles. The number of aromatic nitrogens is 1. The molecule has 0 saturated heterocycles. The second kappa shape index (κ2) is 7.65. The van der Waals surface area contributed by atoms with Gasteiger partial charge in [-0.05, 0) is 42.3 Å². The van der Waals surface area contributed by atoms with Crippen LogP contribution in [0.4, 0.5) is 0 Å². The smallest absolute Gasteiger partial charge is 0.338 e. The van der Waals surface area contributed by atoms with Gasteiger partial charge in [0.2, 0.25) is 0 Å². The minimum atomic E-state index is -0.428. The van der Waals surface area contributed by atoms with Gasteiger partial charge < -0.3 is 14.0 Å². The number of hydrogen-bond acceptors (Lipinski definition) is 6. The molecule has 0 aliphatic heterocycles. The summed E-state index contributed by atoms with van der Waals surface area (Å²) in [7, 11) is 0. The van der Waals surface area contributed by atoms with Gasteiger partial charge >= 0.3 is 11.9 Å². The number of carbonyl (C=O) groups is 2. The van der Waals surface area contributed by atoms with Crippen molar-refractivity contribution in [1.29, 1.82) is 0 Å². The third-order valence-corrected chi connectivity index (χ3v) is 3.60. The lowest BCUT2D eigenvalue weighted by Gasteiger charge is -2.06. The molecule has 0 aliphatic rings. The molecule has 6 heteroatoms. The number of benzene rings is 2. The molecular formula is C20H17NO5. The monoisotopic (exact) mass is 351 g/mol. The summed E-state index contributed by atoms with van der Waals surface area (Å²) < 4.78 is 15.2. The van der Waals surface area contributed by atoms with Crippen molar-refractivity contribution < 1.29 is 23.6 Å². The van der Waals surface area contributed by atoms with E-state index in [9.17, 15) is 9.59 Å². The van der Waals surface area contributed by atoms with E-state index in [2.05, 4.69) is 5.16 Å². The molecule has 3 aromatic rings. The molecule has 132 valence electrons. The van der Waals surface area contributed by atoms with Gasteiger partial charge in [-0.1, -0.05) is 29.4 Å². The first kappa shape index (κ1) is 17.4. The number of hydrogen-bond donors (Lipinski definition) is 0. The van der Waals surface area contributed by atoms with Gasteiger partial charge in [0.1, 0.15) is 23.8 Å². The summed E-state index contributed by atoms with van der Waals surface area (Å²) >= 11 is 0. The summed E-state index contributed by atoms with van der Waals surface area (Å²) in [5.41, 5.74) is 2.90. The summed E-state index contributed by atoms with van der Waals surface area (Å²) in [4.78, 5) is 23.0. The Morgan fingerprint density at radius 3 is 2.15 bits per heavy atom. The average molecular weight is 351 g/mol. The van der Waals surface area contributed by atoms with Crippen LogP contribution in [0.25, 0.3) is 11.1 Å². The van der Waals surface area contributed by atoms with Gasteiger partial charge in [-0.15, -0.1) is 0 Å². The normalized spacial score (nSPS) is 10.4. The fourth-order valence-electron chi connectivity index (χ4n) is 2.39. The van der Waals surface area contributed by atoms with E-state index in [1.165, 1.54) is 6.92 Å². The van der Waals surface area contributed by atoms with E-state index in [-0.39, 0.29) is 12.6 Å². The van der Waals surface area contributed by atoms with Gasteiger partial charge in [0.25, 0.3) is 0 Å². The Morgan fingerprint density at radius 1 is 1.00 bits per heavy atom. The molecule has 1 aromatic heterocycles. The quantitative estimate of drug-likeness (QED) is 0.512. The second-order valence-electron chi connectivity index (χ2n) is 5.70. The first-order valence-corrected chi connectivity index (χ1v) is 7.99. The zero-order valence-corrected chi connectivity index (χ0v) is 14.4. The molecule has 26 heavy (non-hydrogen) atoms. The van der Waals surface area contributed by atoms with Crippen LogP contribution >= 0.6 is 0 Å². The maximum atomic E-state index is 12.1. The molecular weight excluding hydrogens is 334 g/mol. The van der Waals surface area contributed by atoms with E-state index in [0.717, 1.165) is 11.1 Å². The van der Waals surface area contributed by atoms with E-state index in [4.69, 9.17) is 14.0 Å². The molecule has 0 atom stereocenters. The molecule has 0 fully saturated rings. The van der Waals surface area contributed by atoms with Crippen LogP contribution in [-0.4, -0.2) is 17.1 Å². The highest BCUT2D eigenvalue weighted by atomic mass is 16.5. The van der Waals surface area contributed by atoms with Crippen LogP contribution in [-0.2, 0) is 16.1 Å². The average Bonchev–Trinajstić information content (AvgIpc) is 3.05. The van der Waals surface area contributed by atoms with Crippen LogP contribution in [0.1, 0.15) is 28.7 Å². The Kier molecular flexibility index (Phi) is 5.12. The largest absolute Gasteiger partial charge is 0.455 e. The number of esters is 2. The van der Waals surface area contributed by atoms with Crippen molar-refractivity contribution in [2.24, 2.45) is 0 Å². The van der Waals surface area contributed by atoms with Crippen LogP contribution in [0.2, 0.25) is 0 Å². The third kappa shape index (κ3) is 4.36. The zero-order valence-electron chi connectivity index (χ0n) is 14.4. The fraction of sp³-hybridized carbons (Fsp3) is 0.150. The second-order valence-corrected chi connectivity index (χ2v) is 5.70. The summed E-state index contributed by atoms with van der Waals surface area (Å²) in [6.45, 7) is 3.20. The van der Waals surface area contributed by atoms with Gasteiger partial charge in [-0.25, -0.2) is 4.79 Å². The molecule has 0 radical (unpaired) electrons. The van der Waals surface area contributed by atoms with E-state index in [0.29, 0.717) is 22.8 Å². The van der Waals surface area contributed by atoms with Crippen molar-refractivity contribution in [1.82, 2.24) is 5.16 Å². The Bertz CT molecular complexity index is 910. The van der Waals surface area contributed by atoms with E-state index in [1.807, 2.05) is 24.3 Å². The lowest BCUT2D eigenvalue weighted by atomic mass is 10.0. The van der Waals surface area contributed by atoms with Gasteiger partial charge in [-0.2, -0.15) is 0 Å². The summed E-state index contributed by atoms with van der Waals surface area (Å²) in [6.07, 6.45) is 0. The topological polar surface area (TPSA) is 78.6 Å². The highest BCUT2D eigenvalue weighted by Crippen LogP contribution is 2.23. The number of rotatable bonds is 5.